The second-order valence-electron chi connectivity index (χ2n) is 7.69. The Morgan fingerprint density at radius 3 is 2.68 bits per heavy atom. The highest BCUT2D eigenvalue weighted by Gasteiger charge is 2.39. The fraction of sp³-hybridized carbons (Fsp3) is 0.261. The summed E-state index contributed by atoms with van der Waals surface area (Å²) in [6.45, 7) is 0. The molecule has 2 atom stereocenters. The van der Waals surface area contributed by atoms with Crippen LogP contribution in [0, 0.1) is 0 Å². The first-order valence-electron chi connectivity index (χ1n) is 10.0. The van der Waals surface area contributed by atoms with Crippen molar-refractivity contribution < 1.29 is 19.4 Å². The quantitative estimate of drug-likeness (QED) is 0.670. The predicted molar refractivity (Wildman–Crippen MR) is 113 cm³/mol. The maximum absolute atomic E-state index is 13.4. The van der Waals surface area contributed by atoms with Crippen LogP contribution in [0.4, 0.5) is 5.95 Å². The van der Waals surface area contributed by atoms with Gasteiger partial charge in [-0.05, 0) is 47.7 Å². The lowest BCUT2D eigenvalue weighted by Crippen LogP contribution is -2.33. The number of Topliss-reactive ketones (excluding diaryl/α,β-unsaturated/α-hetero) is 1. The number of nitrogens with zero attached hydrogens (tertiary/aromatic N) is 3. The number of anilines is 1. The van der Waals surface area contributed by atoms with Gasteiger partial charge in [0.15, 0.2) is 17.3 Å². The Kier molecular flexibility index (Phi) is 4.62. The summed E-state index contributed by atoms with van der Waals surface area (Å²) >= 11 is 0. The van der Waals surface area contributed by atoms with E-state index in [1.165, 1.54) is 6.33 Å². The Morgan fingerprint density at radius 1 is 1.06 bits per heavy atom. The number of rotatable bonds is 4. The van der Waals surface area contributed by atoms with E-state index in [1.807, 2.05) is 24.3 Å². The monoisotopic (exact) mass is 418 g/mol. The van der Waals surface area contributed by atoms with Crippen LogP contribution in [0.25, 0.3) is 0 Å². The number of aromatic nitrogens is 3. The minimum Gasteiger partial charge on any atom is -0.508 e. The molecule has 0 saturated carbocycles. The molecule has 31 heavy (non-hydrogen) atoms. The molecular formula is C23H22N4O4. The molecule has 1 aromatic heterocycles. The molecule has 5 rings (SSSR count). The Balaban J connectivity index is 1.56. The number of methoxy groups -OCH3 is 2. The van der Waals surface area contributed by atoms with Crippen LogP contribution in [-0.4, -0.2) is 39.9 Å². The molecule has 3 aromatic rings. The fourth-order valence-corrected chi connectivity index (χ4v) is 4.50. The predicted octanol–water partition coefficient (Wildman–Crippen LogP) is 3.42. The number of phenolic OH excluding ortho intramolecular Hbond substituents is 1. The zero-order valence-corrected chi connectivity index (χ0v) is 17.2. The van der Waals surface area contributed by atoms with Gasteiger partial charge in [-0.25, -0.2) is 4.68 Å². The van der Waals surface area contributed by atoms with Crippen molar-refractivity contribution in [2.24, 2.45) is 0 Å². The second-order valence-corrected chi connectivity index (χ2v) is 7.69. The Labute approximate surface area is 179 Å². The topological polar surface area (TPSA) is 98.5 Å². The van der Waals surface area contributed by atoms with Crippen molar-refractivity contribution in [2.45, 2.75) is 24.8 Å². The smallest absolute Gasteiger partial charge is 0.226 e. The molecule has 0 unspecified atom stereocenters. The highest BCUT2D eigenvalue weighted by Crippen LogP contribution is 2.45. The third kappa shape index (κ3) is 3.20. The van der Waals surface area contributed by atoms with Crippen molar-refractivity contribution in [3.05, 3.63) is 71.2 Å². The lowest BCUT2D eigenvalue weighted by Gasteiger charge is -2.35. The van der Waals surface area contributed by atoms with Gasteiger partial charge >= 0.3 is 0 Å². The lowest BCUT2D eigenvalue weighted by atomic mass is 9.78. The van der Waals surface area contributed by atoms with E-state index in [2.05, 4.69) is 15.4 Å². The molecular weight excluding hydrogens is 396 g/mol. The van der Waals surface area contributed by atoms with Gasteiger partial charge in [0.2, 0.25) is 5.95 Å². The minimum atomic E-state index is -0.431. The summed E-state index contributed by atoms with van der Waals surface area (Å²) in [5, 5.41) is 17.6. The van der Waals surface area contributed by atoms with E-state index in [-0.39, 0.29) is 17.5 Å². The summed E-state index contributed by atoms with van der Waals surface area (Å²) in [6.07, 6.45) is 2.49. The average molecular weight is 418 g/mol. The molecule has 0 fully saturated rings. The van der Waals surface area contributed by atoms with Crippen LogP contribution in [0.2, 0.25) is 0 Å². The number of fused-ring (bicyclic) bond motifs is 1. The third-order valence-corrected chi connectivity index (χ3v) is 5.93. The van der Waals surface area contributed by atoms with Gasteiger partial charge in [-0.2, -0.15) is 10.1 Å². The van der Waals surface area contributed by atoms with Gasteiger partial charge in [-0.1, -0.05) is 18.2 Å². The molecule has 2 heterocycles. The van der Waals surface area contributed by atoms with Crippen molar-refractivity contribution in [2.75, 3.05) is 19.5 Å². The number of aromatic hydroxyl groups is 1. The maximum Gasteiger partial charge on any atom is 0.226 e. The Hall–Kier alpha value is -3.81. The number of hydrogen-bond acceptors (Lipinski definition) is 7. The largest absolute Gasteiger partial charge is 0.508 e. The van der Waals surface area contributed by atoms with Gasteiger partial charge in [0.25, 0.3) is 0 Å². The minimum absolute atomic E-state index is 0.00199. The molecule has 0 bridgehead atoms. The number of nitrogens with one attached hydrogen (secondary N) is 1. The van der Waals surface area contributed by atoms with Crippen molar-refractivity contribution in [1.29, 1.82) is 0 Å². The summed E-state index contributed by atoms with van der Waals surface area (Å²) in [5.74, 6) is 2.06. The average Bonchev–Trinajstić information content (AvgIpc) is 3.25. The molecule has 2 aliphatic rings. The van der Waals surface area contributed by atoms with Gasteiger partial charge in [-0.3, -0.25) is 4.79 Å². The normalized spacial score (nSPS) is 20.0. The van der Waals surface area contributed by atoms with Gasteiger partial charge in [0.05, 0.1) is 14.2 Å². The van der Waals surface area contributed by atoms with Crippen LogP contribution in [0.1, 0.15) is 35.9 Å². The number of benzene rings is 2. The van der Waals surface area contributed by atoms with Crippen LogP contribution in [-0.2, 0) is 4.79 Å². The summed E-state index contributed by atoms with van der Waals surface area (Å²) in [6, 6.07) is 12.3. The van der Waals surface area contributed by atoms with Crippen LogP contribution < -0.4 is 14.8 Å². The van der Waals surface area contributed by atoms with E-state index in [4.69, 9.17) is 9.47 Å². The number of carbonyl (C=O) groups is 1. The van der Waals surface area contributed by atoms with Gasteiger partial charge in [0, 0.05) is 17.7 Å². The molecule has 158 valence electrons. The molecule has 8 nitrogen and oxygen atoms in total. The molecule has 0 saturated heterocycles. The van der Waals surface area contributed by atoms with Crippen LogP contribution in [0.3, 0.4) is 0 Å². The number of allylic oxidation sites excluding steroid dienone is 2. The first kappa shape index (κ1) is 19.2. The van der Waals surface area contributed by atoms with Gasteiger partial charge in [-0.15, -0.1) is 0 Å². The molecule has 0 radical (unpaired) electrons. The number of carbonyl (C=O) groups excluding carboxylic acids is 1. The van der Waals surface area contributed by atoms with E-state index >= 15 is 0 Å². The SMILES string of the molecule is COc1ccc([C@@H]2CC(=O)C3=C(C2)Nc2ncnn2[C@H]3c2cccc(O)c2)cc1OC. The zero-order valence-electron chi connectivity index (χ0n) is 17.2. The summed E-state index contributed by atoms with van der Waals surface area (Å²) in [4.78, 5) is 17.7. The zero-order chi connectivity index (χ0) is 21.5. The molecule has 2 N–H and O–H groups in total. The summed E-state index contributed by atoms with van der Waals surface area (Å²) in [7, 11) is 3.20. The molecule has 1 aliphatic heterocycles. The number of hydrogen-bond donors (Lipinski definition) is 2. The first-order valence-corrected chi connectivity index (χ1v) is 10.0. The van der Waals surface area contributed by atoms with Crippen LogP contribution >= 0.6 is 0 Å². The number of ether oxygens (including phenoxy) is 2. The van der Waals surface area contributed by atoms with E-state index < -0.39 is 6.04 Å². The van der Waals surface area contributed by atoms with Crippen molar-refractivity contribution >= 4 is 11.7 Å². The molecule has 8 heteroatoms. The first-order chi connectivity index (χ1) is 15.1. The van der Waals surface area contributed by atoms with E-state index in [0.717, 1.165) is 16.8 Å². The van der Waals surface area contributed by atoms with Crippen molar-refractivity contribution in [1.82, 2.24) is 14.8 Å². The van der Waals surface area contributed by atoms with E-state index in [9.17, 15) is 9.90 Å². The highest BCUT2D eigenvalue weighted by atomic mass is 16.5. The molecule has 2 aromatic carbocycles. The van der Waals surface area contributed by atoms with Gasteiger partial charge in [0.1, 0.15) is 18.1 Å². The maximum atomic E-state index is 13.4. The van der Waals surface area contributed by atoms with E-state index in [1.54, 1.807) is 37.1 Å². The fourth-order valence-electron chi connectivity index (χ4n) is 4.50. The lowest BCUT2D eigenvalue weighted by molar-refractivity contribution is -0.116. The standard InChI is InChI=1S/C23H22N4O4/c1-30-19-7-6-13(11-20(19)31-2)15-9-17-21(18(29)10-15)22(14-4-3-5-16(28)8-14)27-23(26-17)24-12-25-27/h3-8,11-12,15,22,28H,9-10H2,1-2H3,(H,24,25,26)/t15-,22-/m0/s1. The van der Waals surface area contributed by atoms with Crippen LogP contribution in [0.5, 0.6) is 17.2 Å². The van der Waals surface area contributed by atoms with Crippen molar-refractivity contribution in [3.63, 3.8) is 0 Å². The second kappa shape index (κ2) is 7.46. The number of ketones is 1. The Morgan fingerprint density at radius 2 is 1.90 bits per heavy atom. The highest BCUT2D eigenvalue weighted by molar-refractivity contribution is 6.00. The molecule has 1 aliphatic carbocycles. The third-order valence-electron chi connectivity index (χ3n) is 5.93. The van der Waals surface area contributed by atoms with E-state index in [0.29, 0.717) is 35.9 Å². The van der Waals surface area contributed by atoms with Crippen LogP contribution in [0.15, 0.2) is 60.1 Å². The Bertz CT molecular complexity index is 1200. The van der Waals surface area contributed by atoms with Gasteiger partial charge < -0.3 is 19.9 Å². The van der Waals surface area contributed by atoms with Crippen molar-refractivity contribution in [3.8, 4) is 17.2 Å². The molecule has 0 spiro atoms. The molecule has 0 amide bonds. The number of phenols is 1. The summed E-state index contributed by atoms with van der Waals surface area (Å²) in [5.41, 5.74) is 3.31. The summed E-state index contributed by atoms with van der Waals surface area (Å²) < 4.78 is 12.5.